The van der Waals surface area contributed by atoms with Crippen molar-refractivity contribution < 1.29 is 24.4 Å². The van der Waals surface area contributed by atoms with Crippen LogP contribution in [0.2, 0.25) is 0 Å². The standard InChI is InChI=1S/C13H15N3O6S/c1-2-22-12(19)6-5-11(18)15-13(23)14-9-7-8(16(20)21)3-4-10(9)17/h3-4,7,17H,2,5-6H2,1H3,(H2,14,15,18,23). The van der Waals surface area contributed by atoms with Crippen LogP contribution in [0.25, 0.3) is 0 Å². The zero-order valence-electron chi connectivity index (χ0n) is 12.2. The van der Waals surface area contributed by atoms with E-state index in [2.05, 4.69) is 15.4 Å². The Morgan fingerprint density at radius 2 is 2.09 bits per heavy atom. The first-order valence-electron chi connectivity index (χ1n) is 6.57. The van der Waals surface area contributed by atoms with Gasteiger partial charge >= 0.3 is 5.97 Å². The Labute approximate surface area is 136 Å². The fourth-order valence-corrected chi connectivity index (χ4v) is 1.75. The molecule has 0 fully saturated rings. The molecule has 0 spiro atoms. The number of hydrogen-bond donors (Lipinski definition) is 3. The van der Waals surface area contributed by atoms with E-state index < -0.39 is 16.8 Å². The summed E-state index contributed by atoms with van der Waals surface area (Å²) in [7, 11) is 0. The van der Waals surface area contributed by atoms with E-state index in [0.29, 0.717) is 0 Å². The van der Waals surface area contributed by atoms with Gasteiger partial charge in [0, 0.05) is 18.6 Å². The third-order valence-electron chi connectivity index (χ3n) is 2.55. The van der Waals surface area contributed by atoms with Gasteiger partial charge in [-0.15, -0.1) is 0 Å². The summed E-state index contributed by atoms with van der Waals surface area (Å²) in [6.07, 6.45) is -0.216. The minimum absolute atomic E-state index is 0.0186. The summed E-state index contributed by atoms with van der Waals surface area (Å²) < 4.78 is 4.68. The highest BCUT2D eigenvalue weighted by molar-refractivity contribution is 7.80. The highest BCUT2D eigenvalue weighted by Gasteiger charge is 2.13. The molecular formula is C13H15N3O6S. The molecule has 0 aromatic heterocycles. The van der Waals surface area contributed by atoms with Crippen LogP contribution in [0.15, 0.2) is 18.2 Å². The third-order valence-corrected chi connectivity index (χ3v) is 2.76. The number of phenols is 1. The van der Waals surface area contributed by atoms with Crippen molar-refractivity contribution in [3.8, 4) is 5.75 Å². The van der Waals surface area contributed by atoms with Crippen LogP contribution in [0.4, 0.5) is 11.4 Å². The van der Waals surface area contributed by atoms with Crippen LogP contribution in [0.1, 0.15) is 19.8 Å². The molecule has 1 rings (SSSR count). The van der Waals surface area contributed by atoms with Crippen molar-refractivity contribution in [3.63, 3.8) is 0 Å². The van der Waals surface area contributed by atoms with E-state index >= 15 is 0 Å². The summed E-state index contributed by atoms with van der Waals surface area (Å²) in [5.74, 6) is -1.29. The summed E-state index contributed by atoms with van der Waals surface area (Å²) in [5, 5.41) is 24.9. The number of nitrogens with one attached hydrogen (secondary N) is 2. The molecule has 0 radical (unpaired) electrons. The highest BCUT2D eigenvalue weighted by atomic mass is 32.1. The molecule has 1 aromatic carbocycles. The summed E-state index contributed by atoms with van der Waals surface area (Å²) in [5.41, 5.74) is -0.267. The largest absolute Gasteiger partial charge is 0.506 e. The molecule has 1 amide bonds. The van der Waals surface area contributed by atoms with Gasteiger partial charge in [0.25, 0.3) is 5.69 Å². The van der Waals surface area contributed by atoms with Crippen LogP contribution in [0.3, 0.4) is 0 Å². The average Bonchev–Trinajstić information content (AvgIpc) is 2.47. The monoisotopic (exact) mass is 341 g/mol. The SMILES string of the molecule is CCOC(=O)CCC(=O)NC(=S)Nc1cc([N+](=O)[O-])ccc1O. The minimum atomic E-state index is -0.633. The molecule has 0 unspecified atom stereocenters. The van der Waals surface area contributed by atoms with Gasteiger partial charge in [-0.3, -0.25) is 19.7 Å². The first-order chi connectivity index (χ1) is 10.8. The number of carbonyl (C=O) groups excluding carboxylic acids is 2. The molecule has 10 heteroatoms. The maximum absolute atomic E-state index is 11.6. The number of aromatic hydroxyl groups is 1. The number of thiocarbonyl (C=S) groups is 1. The number of phenolic OH excluding ortho intramolecular Hbond substituents is 1. The van der Waals surface area contributed by atoms with Crippen LogP contribution in [0.5, 0.6) is 5.75 Å². The lowest BCUT2D eigenvalue weighted by atomic mass is 10.2. The van der Waals surface area contributed by atoms with Gasteiger partial charge in [0.2, 0.25) is 5.91 Å². The Morgan fingerprint density at radius 3 is 2.70 bits per heavy atom. The number of benzene rings is 1. The van der Waals surface area contributed by atoms with Crippen molar-refractivity contribution >= 4 is 40.6 Å². The van der Waals surface area contributed by atoms with E-state index in [1.165, 1.54) is 0 Å². The maximum Gasteiger partial charge on any atom is 0.306 e. The van der Waals surface area contributed by atoms with Crippen LogP contribution in [0, 0.1) is 10.1 Å². The van der Waals surface area contributed by atoms with Gasteiger partial charge in [0.05, 0.1) is 23.6 Å². The molecule has 9 nitrogen and oxygen atoms in total. The topological polar surface area (TPSA) is 131 Å². The lowest BCUT2D eigenvalue weighted by Gasteiger charge is -2.10. The molecule has 0 aliphatic heterocycles. The van der Waals surface area contributed by atoms with Crippen molar-refractivity contribution in [1.29, 1.82) is 0 Å². The molecule has 0 atom stereocenters. The van der Waals surface area contributed by atoms with Crippen molar-refractivity contribution in [2.24, 2.45) is 0 Å². The van der Waals surface area contributed by atoms with Gasteiger partial charge in [-0.05, 0) is 25.2 Å². The van der Waals surface area contributed by atoms with Gasteiger partial charge in [-0.1, -0.05) is 0 Å². The van der Waals surface area contributed by atoms with Crippen LogP contribution >= 0.6 is 12.2 Å². The number of non-ortho nitro benzene ring substituents is 1. The van der Waals surface area contributed by atoms with E-state index in [4.69, 9.17) is 12.2 Å². The number of esters is 1. The Hall–Kier alpha value is -2.75. The summed E-state index contributed by atoms with van der Waals surface area (Å²) in [4.78, 5) is 32.8. The van der Waals surface area contributed by atoms with Crippen LogP contribution < -0.4 is 10.6 Å². The molecule has 0 saturated carbocycles. The Balaban J connectivity index is 2.56. The second kappa shape index (κ2) is 8.63. The average molecular weight is 341 g/mol. The molecule has 0 bridgehead atoms. The van der Waals surface area contributed by atoms with Crippen LogP contribution in [-0.2, 0) is 14.3 Å². The number of nitro benzene ring substituents is 1. The molecule has 124 valence electrons. The minimum Gasteiger partial charge on any atom is -0.506 e. The van der Waals surface area contributed by atoms with Crippen molar-refractivity contribution in [3.05, 3.63) is 28.3 Å². The van der Waals surface area contributed by atoms with E-state index in [1.807, 2.05) is 0 Å². The van der Waals surface area contributed by atoms with Crippen LogP contribution in [-0.4, -0.2) is 33.6 Å². The molecule has 0 aliphatic carbocycles. The van der Waals surface area contributed by atoms with E-state index in [9.17, 15) is 24.8 Å². The molecule has 0 saturated heterocycles. The Bertz CT molecular complexity index is 634. The molecule has 0 aliphatic rings. The van der Waals surface area contributed by atoms with Gasteiger partial charge < -0.3 is 20.5 Å². The van der Waals surface area contributed by atoms with Crippen molar-refractivity contribution in [2.75, 3.05) is 11.9 Å². The third kappa shape index (κ3) is 6.26. The first-order valence-corrected chi connectivity index (χ1v) is 6.98. The molecule has 0 heterocycles. The second-order valence-corrected chi connectivity index (χ2v) is 4.67. The summed E-state index contributed by atoms with van der Waals surface area (Å²) in [6, 6.07) is 3.33. The van der Waals surface area contributed by atoms with Gasteiger partial charge in [0.1, 0.15) is 5.75 Å². The number of ether oxygens (including phenoxy) is 1. The van der Waals surface area contributed by atoms with Crippen molar-refractivity contribution in [2.45, 2.75) is 19.8 Å². The second-order valence-electron chi connectivity index (χ2n) is 4.27. The van der Waals surface area contributed by atoms with Gasteiger partial charge in [-0.2, -0.15) is 0 Å². The fraction of sp³-hybridized carbons (Fsp3) is 0.308. The predicted molar refractivity (Wildman–Crippen MR) is 85.0 cm³/mol. The fourth-order valence-electron chi connectivity index (χ4n) is 1.53. The molecule has 1 aromatic rings. The highest BCUT2D eigenvalue weighted by Crippen LogP contribution is 2.27. The Kier molecular flexibility index (Phi) is 6.87. The van der Waals surface area contributed by atoms with E-state index in [1.54, 1.807) is 6.92 Å². The number of carbonyl (C=O) groups is 2. The first kappa shape index (κ1) is 18.3. The molecule has 23 heavy (non-hydrogen) atoms. The number of hydrogen-bond acceptors (Lipinski definition) is 7. The van der Waals surface area contributed by atoms with E-state index in [-0.39, 0.29) is 41.7 Å². The normalized spacial score (nSPS) is 9.78. The number of rotatable bonds is 6. The smallest absolute Gasteiger partial charge is 0.306 e. The number of amides is 1. The summed E-state index contributed by atoms with van der Waals surface area (Å²) in [6.45, 7) is 1.88. The number of nitro groups is 1. The Morgan fingerprint density at radius 1 is 1.39 bits per heavy atom. The quantitative estimate of drug-likeness (QED) is 0.233. The summed E-state index contributed by atoms with van der Waals surface area (Å²) >= 11 is 4.87. The van der Waals surface area contributed by atoms with Crippen molar-refractivity contribution in [1.82, 2.24) is 5.32 Å². The zero-order chi connectivity index (χ0) is 17.4. The van der Waals surface area contributed by atoms with Gasteiger partial charge in [-0.25, -0.2) is 0 Å². The number of anilines is 1. The molecule has 3 N–H and O–H groups in total. The lowest BCUT2D eigenvalue weighted by molar-refractivity contribution is -0.384. The molecular weight excluding hydrogens is 326 g/mol. The van der Waals surface area contributed by atoms with E-state index in [0.717, 1.165) is 18.2 Å². The zero-order valence-corrected chi connectivity index (χ0v) is 13.0. The lowest BCUT2D eigenvalue weighted by Crippen LogP contribution is -2.34. The van der Waals surface area contributed by atoms with Gasteiger partial charge in [0.15, 0.2) is 5.11 Å². The predicted octanol–water partition coefficient (Wildman–Crippen LogP) is 1.46. The number of nitrogens with zero attached hydrogens (tertiary/aromatic N) is 1. The maximum atomic E-state index is 11.6.